The van der Waals surface area contributed by atoms with E-state index in [9.17, 15) is 13.2 Å². The normalized spacial score (nSPS) is 13.5. The zero-order valence-corrected chi connectivity index (χ0v) is 10.6. The molecule has 3 nitrogen and oxygen atoms in total. The Kier molecular flexibility index (Phi) is 4.18. The van der Waals surface area contributed by atoms with Gasteiger partial charge in [0.15, 0.2) is 0 Å². The van der Waals surface area contributed by atoms with Crippen LogP contribution in [0.5, 0.6) is 0 Å². The van der Waals surface area contributed by atoms with Crippen LogP contribution in [0.15, 0.2) is 36.0 Å². The second-order valence-corrected chi connectivity index (χ2v) is 4.94. The monoisotopic (exact) mass is 287 g/mol. The summed E-state index contributed by atoms with van der Waals surface area (Å²) in [5, 5.41) is 0. The van der Waals surface area contributed by atoms with E-state index < -0.39 is 11.7 Å². The number of hydrogen-bond donors (Lipinski definition) is 2. The van der Waals surface area contributed by atoms with Crippen molar-refractivity contribution in [3.63, 3.8) is 0 Å². The molecule has 1 aromatic carbocycles. The van der Waals surface area contributed by atoms with Crippen molar-refractivity contribution in [2.45, 2.75) is 18.6 Å². The van der Waals surface area contributed by atoms with E-state index in [-0.39, 0.29) is 6.04 Å². The Morgan fingerprint density at radius 2 is 2.16 bits per heavy atom. The molecular weight excluding hydrogens is 275 g/mol. The molecule has 0 bridgehead atoms. The molecule has 0 saturated heterocycles. The van der Waals surface area contributed by atoms with Crippen LogP contribution in [0.4, 0.5) is 13.2 Å². The maximum Gasteiger partial charge on any atom is 0.416 e. The summed E-state index contributed by atoms with van der Waals surface area (Å²) in [5.74, 6) is 5.44. The van der Waals surface area contributed by atoms with Gasteiger partial charge in [-0.25, -0.2) is 0 Å². The minimum Gasteiger partial charge on any atom is -0.271 e. The van der Waals surface area contributed by atoms with Gasteiger partial charge in [-0.2, -0.15) is 13.2 Å². The third-order valence-corrected chi connectivity index (χ3v) is 3.58. The van der Waals surface area contributed by atoms with Gasteiger partial charge in [0.25, 0.3) is 0 Å². The maximum atomic E-state index is 12.6. The van der Waals surface area contributed by atoms with Crippen molar-refractivity contribution in [3.05, 3.63) is 52.0 Å². The van der Waals surface area contributed by atoms with Gasteiger partial charge in [-0.3, -0.25) is 16.3 Å². The molecule has 102 valence electrons. The topological polar surface area (TPSA) is 50.9 Å². The Labute approximate surface area is 112 Å². The molecule has 1 aromatic heterocycles. The summed E-state index contributed by atoms with van der Waals surface area (Å²) < 4.78 is 37.8. The summed E-state index contributed by atoms with van der Waals surface area (Å²) >= 11 is 1.41. The Balaban J connectivity index is 2.19. The quantitative estimate of drug-likeness (QED) is 0.671. The average molecular weight is 287 g/mol. The molecule has 1 unspecified atom stereocenters. The van der Waals surface area contributed by atoms with Crippen molar-refractivity contribution in [3.8, 4) is 0 Å². The number of hydrogen-bond acceptors (Lipinski definition) is 4. The standard InChI is InChI=1S/C12H12F3N3S/c13-12(14,15)9-3-1-2-8(4-9)5-10(18-16)11-6-17-7-19-11/h1-4,6-7,10,18H,5,16H2. The smallest absolute Gasteiger partial charge is 0.271 e. The first kappa shape index (κ1) is 14.0. The summed E-state index contributed by atoms with van der Waals surface area (Å²) in [6, 6.07) is 5.02. The summed E-state index contributed by atoms with van der Waals surface area (Å²) in [7, 11) is 0. The maximum absolute atomic E-state index is 12.6. The number of alkyl halides is 3. The molecule has 0 aliphatic carbocycles. The lowest BCUT2D eigenvalue weighted by atomic mass is 10.0. The first-order valence-electron chi connectivity index (χ1n) is 5.51. The fraction of sp³-hybridized carbons (Fsp3) is 0.250. The zero-order valence-electron chi connectivity index (χ0n) is 9.82. The third-order valence-electron chi connectivity index (χ3n) is 2.69. The molecule has 2 aromatic rings. The molecule has 0 aliphatic rings. The first-order valence-corrected chi connectivity index (χ1v) is 6.39. The van der Waals surface area contributed by atoms with E-state index in [1.165, 1.54) is 17.4 Å². The van der Waals surface area contributed by atoms with Crippen molar-refractivity contribution < 1.29 is 13.2 Å². The summed E-state index contributed by atoms with van der Waals surface area (Å²) in [5.41, 5.74) is 4.19. The highest BCUT2D eigenvalue weighted by atomic mass is 32.1. The predicted molar refractivity (Wildman–Crippen MR) is 67.3 cm³/mol. The summed E-state index contributed by atoms with van der Waals surface area (Å²) in [6.45, 7) is 0. The molecule has 0 aliphatic heterocycles. The van der Waals surface area contributed by atoms with Crippen LogP contribution in [-0.2, 0) is 12.6 Å². The van der Waals surface area contributed by atoms with E-state index in [0.29, 0.717) is 12.0 Å². The highest BCUT2D eigenvalue weighted by Gasteiger charge is 2.30. The fourth-order valence-corrected chi connectivity index (χ4v) is 2.43. The van der Waals surface area contributed by atoms with Gasteiger partial charge in [0, 0.05) is 11.1 Å². The average Bonchev–Trinajstić information content (AvgIpc) is 2.89. The zero-order chi connectivity index (χ0) is 13.9. The van der Waals surface area contributed by atoms with Gasteiger partial charge in [0.1, 0.15) is 0 Å². The molecule has 0 fully saturated rings. The molecule has 0 spiro atoms. The Bertz CT molecular complexity index is 525. The van der Waals surface area contributed by atoms with Crippen molar-refractivity contribution in [2.75, 3.05) is 0 Å². The molecule has 7 heteroatoms. The number of halogens is 3. The van der Waals surface area contributed by atoms with Crippen molar-refractivity contribution in [1.29, 1.82) is 0 Å². The van der Waals surface area contributed by atoms with Gasteiger partial charge in [-0.15, -0.1) is 11.3 Å². The van der Waals surface area contributed by atoms with E-state index in [2.05, 4.69) is 10.4 Å². The molecule has 0 saturated carbocycles. The van der Waals surface area contributed by atoms with Crippen LogP contribution in [0.2, 0.25) is 0 Å². The van der Waals surface area contributed by atoms with Gasteiger partial charge in [-0.05, 0) is 18.1 Å². The lowest BCUT2D eigenvalue weighted by molar-refractivity contribution is -0.137. The third kappa shape index (κ3) is 3.52. The van der Waals surface area contributed by atoms with Gasteiger partial charge >= 0.3 is 6.18 Å². The molecule has 1 atom stereocenters. The predicted octanol–water partition coefficient (Wildman–Crippen LogP) is 2.91. The number of benzene rings is 1. The molecule has 3 N–H and O–H groups in total. The Morgan fingerprint density at radius 3 is 2.74 bits per heavy atom. The lowest BCUT2D eigenvalue weighted by Crippen LogP contribution is -2.29. The summed E-state index contributed by atoms with van der Waals surface area (Å²) in [4.78, 5) is 4.82. The Hall–Kier alpha value is -1.44. The molecule has 0 radical (unpaired) electrons. The molecule has 1 heterocycles. The molecule has 0 amide bonds. The second kappa shape index (κ2) is 5.68. The first-order chi connectivity index (χ1) is 9.00. The van der Waals surface area contributed by atoms with Crippen LogP contribution >= 0.6 is 11.3 Å². The van der Waals surface area contributed by atoms with Crippen molar-refractivity contribution in [2.24, 2.45) is 5.84 Å². The number of thiazole rings is 1. The van der Waals surface area contributed by atoms with E-state index in [1.54, 1.807) is 17.8 Å². The van der Waals surface area contributed by atoms with Crippen LogP contribution in [0.1, 0.15) is 22.0 Å². The van der Waals surface area contributed by atoms with E-state index in [1.807, 2.05) is 0 Å². The van der Waals surface area contributed by atoms with E-state index >= 15 is 0 Å². The van der Waals surface area contributed by atoms with Crippen LogP contribution in [0, 0.1) is 0 Å². The molecule has 19 heavy (non-hydrogen) atoms. The number of aromatic nitrogens is 1. The number of nitrogens with zero attached hydrogens (tertiary/aromatic N) is 1. The van der Waals surface area contributed by atoms with Crippen LogP contribution in [0.3, 0.4) is 0 Å². The lowest BCUT2D eigenvalue weighted by Gasteiger charge is -2.15. The van der Waals surface area contributed by atoms with Crippen molar-refractivity contribution in [1.82, 2.24) is 10.4 Å². The van der Waals surface area contributed by atoms with Gasteiger partial charge in [0.2, 0.25) is 0 Å². The molecular formula is C12H12F3N3S. The van der Waals surface area contributed by atoms with Crippen LogP contribution < -0.4 is 11.3 Å². The number of hydrazine groups is 1. The molecule has 2 rings (SSSR count). The fourth-order valence-electron chi connectivity index (χ4n) is 1.75. The van der Waals surface area contributed by atoms with Crippen LogP contribution in [0.25, 0.3) is 0 Å². The van der Waals surface area contributed by atoms with E-state index in [4.69, 9.17) is 5.84 Å². The van der Waals surface area contributed by atoms with Gasteiger partial charge < -0.3 is 0 Å². The summed E-state index contributed by atoms with van der Waals surface area (Å²) in [6.07, 6.45) is -2.29. The van der Waals surface area contributed by atoms with Crippen LogP contribution in [-0.4, -0.2) is 4.98 Å². The van der Waals surface area contributed by atoms with E-state index in [0.717, 1.165) is 17.0 Å². The number of nitrogens with two attached hydrogens (primary N) is 1. The number of nitrogens with one attached hydrogen (secondary N) is 1. The number of rotatable bonds is 4. The largest absolute Gasteiger partial charge is 0.416 e. The minimum atomic E-state index is -4.33. The highest BCUT2D eigenvalue weighted by Crippen LogP contribution is 2.30. The van der Waals surface area contributed by atoms with Gasteiger partial charge in [0.05, 0.1) is 17.1 Å². The Morgan fingerprint density at radius 1 is 1.37 bits per heavy atom. The highest BCUT2D eigenvalue weighted by molar-refractivity contribution is 7.09. The van der Waals surface area contributed by atoms with Gasteiger partial charge in [-0.1, -0.05) is 18.2 Å². The minimum absolute atomic E-state index is 0.240. The van der Waals surface area contributed by atoms with Crippen molar-refractivity contribution >= 4 is 11.3 Å². The second-order valence-electron chi connectivity index (χ2n) is 4.03. The SMILES string of the molecule is NNC(Cc1cccc(C(F)(F)F)c1)c1cncs1.